The maximum Gasteiger partial charge on any atom is 0.266 e. The molecule has 2 aromatic carbocycles. The normalized spacial score (nSPS) is 18.0. The van der Waals surface area contributed by atoms with Crippen LogP contribution in [0.1, 0.15) is 45.1 Å². The summed E-state index contributed by atoms with van der Waals surface area (Å²) in [7, 11) is 0. The fraction of sp³-hybridized carbons (Fsp3) is 0.296. The fourth-order valence-corrected chi connectivity index (χ4v) is 5.88. The van der Waals surface area contributed by atoms with Crippen LogP contribution in [0.2, 0.25) is 0 Å². The number of carbonyl (C=O) groups excluding carboxylic acids is 1. The van der Waals surface area contributed by atoms with Crippen LogP contribution in [-0.2, 0) is 4.79 Å². The summed E-state index contributed by atoms with van der Waals surface area (Å²) in [6.07, 6.45) is 8.40. The van der Waals surface area contributed by atoms with Crippen molar-refractivity contribution in [3.8, 4) is 22.7 Å². The van der Waals surface area contributed by atoms with Crippen molar-refractivity contribution in [1.82, 2.24) is 14.7 Å². The van der Waals surface area contributed by atoms with Crippen LogP contribution in [0.25, 0.3) is 23.0 Å². The van der Waals surface area contributed by atoms with Crippen LogP contribution in [0.4, 0.5) is 0 Å². The van der Waals surface area contributed by atoms with E-state index in [1.54, 1.807) is 0 Å². The zero-order chi connectivity index (χ0) is 23.7. The largest absolute Gasteiger partial charge is 0.491 e. The molecule has 0 radical (unpaired) electrons. The lowest BCUT2D eigenvalue weighted by molar-refractivity contribution is -0.123. The highest BCUT2D eigenvalue weighted by Gasteiger charge is 2.38. The minimum atomic E-state index is 0.0148. The maximum atomic E-state index is 13.3. The second-order valence-electron chi connectivity index (χ2n) is 8.89. The topological polar surface area (TPSA) is 47.4 Å². The summed E-state index contributed by atoms with van der Waals surface area (Å²) in [5, 5.41) is 4.89. The van der Waals surface area contributed by atoms with E-state index >= 15 is 0 Å². The molecule has 0 bridgehead atoms. The van der Waals surface area contributed by atoms with Gasteiger partial charge in [-0.1, -0.05) is 55.0 Å². The first-order chi connectivity index (χ1) is 16.5. The van der Waals surface area contributed by atoms with Gasteiger partial charge in [-0.25, -0.2) is 4.68 Å². The van der Waals surface area contributed by atoms with Gasteiger partial charge in [0.25, 0.3) is 5.91 Å². The Kier molecular flexibility index (Phi) is 6.57. The van der Waals surface area contributed by atoms with E-state index in [4.69, 9.17) is 22.1 Å². The number of ether oxygens (including phenoxy) is 1. The number of thiocarbonyl (C=S) groups is 1. The Morgan fingerprint density at radius 3 is 2.47 bits per heavy atom. The molecule has 174 valence electrons. The van der Waals surface area contributed by atoms with E-state index in [9.17, 15) is 4.79 Å². The van der Waals surface area contributed by atoms with Gasteiger partial charge in [0.15, 0.2) is 0 Å². The third-order valence-corrected chi connectivity index (χ3v) is 7.39. The summed E-state index contributed by atoms with van der Waals surface area (Å²) in [5.41, 5.74) is 3.62. The lowest BCUT2D eigenvalue weighted by Crippen LogP contribution is -2.36. The monoisotopic (exact) mass is 489 g/mol. The molecule has 0 N–H and O–H groups in total. The standard InChI is InChI=1S/C27H27N3O2S2/c1-18(2)32-23-14-12-19(13-15-23)25-20(17-29(28-25)21-8-4-3-5-9-21)16-24-26(31)30(27(33)34-24)22-10-6-7-11-22/h3-5,8-9,12-18,22H,6-7,10-11H2,1-2H3/b24-16-. The smallest absolute Gasteiger partial charge is 0.266 e. The van der Waals surface area contributed by atoms with Gasteiger partial charge in [-0.15, -0.1) is 0 Å². The van der Waals surface area contributed by atoms with Crippen molar-refractivity contribution >= 4 is 40.3 Å². The number of nitrogens with zero attached hydrogens (tertiary/aromatic N) is 3. The van der Waals surface area contributed by atoms with E-state index in [-0.39, 0.29) is 18.1 Å². The van der Waals surface area contributed by atoms with E-state index < -0.39 is 0 Å². The molecule has 7 heteroatoms. The Hall–Kier alpha value is -2.90. The molecule has 2 fully saturated rings. The van der Waals surface area contributed by atoms with E-state index in [0.717, 1.165) is 53.9 Å². The van der Waals surface area contributed by atoms with Gasteiger partial charge in [0.05, 0.1) is 22.4 Å². The predicted molar refractivity (Wildman–Crippen MR) is 142 cm³/mol. The number of carbonyl (C=O) groups is 1. The van der Waals surface area contributed by atoms with Crippen LogP contribution in [-0.4, -0.2) is 37.1 Å². The van der Waals surface area contributed by atoms with Crippen molar-refractivity contribution in [1.29, 1.82) is 0 Å². The van der Waals surface area contributed by atoms with Crippen molar-refractivity contribution in [2.45, 2.75) is 51.7 Å². The molecule has 1 amide bonds. The zero-order valence-electron chi connectivity index (χ0n) is 19.3. The summed E-state index contributed by atoms with van der Waals surface area (Å²) in [6.45, 7) is 4.02. The Morgan fingerprint density at radius 2 is 1.79 bits per heavy atom. The minimum absolute atomic E-state index is 0.0148. The maximum absolute atomic E-state index is 13.3. The molecular weight excluding hydrogens is 462 g/mol. The Labute approximate surface area is 209 Å². The SMILES string of the molecule is CC(C)Oc1ccc(-c2nn(-c3ccccc3)cc2/C=C2\SC(=S)N(C3CCCC3)C2=O)cc1. The zero-order valence-corrected chi connectivity index (χ0v) is 20.9. The Balaban J connectivity index is 1.53. The van der Waals surface area contributed by atoms with Crippen LogP contribution in [0, 0.1) is 0 Å². The number of amides is 1. The molecule has 3 aromatic rings. The Morgan fingerprint density at radius 1 is 1.09 bits per heavy atom. The van der Waals surface area contributed by atoms with Crippen LogP contribution in [0.3, 0.4) is 0 Å². The molecule has 1 saturated carbocycles. The van der Waals surface area contributed by atoms with Crippen molar-refractivity contribution < 1.29 is 9.53 Å². The highest BCUT2D eigenvalue weighted by Crippen LogP contribution is 2.39. The lowest BCUT2D eigenvalue weighted by Gasteiger charge is -2.21. The quantitative estimate of drug-likeness (QED) is 0.293. The number of rotatable bonds is 6. The molecule has 1 saturated heterocycles. The number of thioether (sulfide) groups is 1. The van der Waals surface area contributed by atoms with Gasteiger partial charge in [0.1, 0.15) is 10.1 Å². The molecule has 34 heavy (non-hydrogen) atoms. The minimum Gasteiger partial charge on any atom is -0.491 e. The number of benzene rings is 2. The average Bonchev–Trinajstić information content (AvgIpc) is 3.55. The van der Waals surface area contributed by atoms with Crippen LogP contribution < -0.4 is 4.74 Å². The fourth-order valence-electron chi connectivity index (χ4n) is 4.49. The van der Waals surface area contributed by atoms with Crippen LogP contribution in [0.15, 0.2) is 65.7 Å². The molecule has 2 aliphatic rings. The average molecular weight is 490 g/mol. The van der Waals surface area contributed by atoms with Gasteiger partial charge >= 0.3 is 0 Å². The highest BCUT2D eigenvalue weighted by atomic mass is 32.2. The molecule has 1 aliphatic heterocycles. The van der Waals surface area contributed by atoms with Gasteiger partial charge in [0.2, 0.25) is 0 Å². The van der Waals surface area contributed by atoms with Gasteiger partial charge in [-0.3, -0.25) is 9.69 Å². The van der Waals surface area contributed by atoms with Crippen LogP contribution in [0.5, 0.6) is 5.75 Å². The number of aromatic nitrogens is 2. The van der Waals surface area contributed by atoms with Crippen molar-refractivity contribution in [2.24, 2.45) is 0 Å². The molecule has 5 nitrogen and oxygen atoms in total. The van der Waals surface area contributed by atoms with Gasteiger partial charge < -0.3 is 4.74 Å². The summed E-state index contributed by atoms with van der Waals surface area (Å²) in [5.74, 6) is 0.834. The number of hydrogen-bond donors (Lipinski definition) is 0. The molecular formula is C27H27N3O2S2. The molecule has 0 unspecified atom stereocenters. The Bertz CT molecular complexity index is 1230. The predicted octanol–water partition coefficient (Wildman–Crippen LogP) is 6.47. The molecule has 2 heterocycles. The second kappa shape index (κ2) is 9.76. The third kappa shape index (κ3) is 4.68. The molecule has 1 aliphatic carbocycles. The van der Waals surface area contributed by atoms with Crippen LogP contribution >= 0.6 is 24.0 Å². The van der Waals surface area contributed by atoms with Gasteiger partial charge in [0, 0.05) is 23.4 Å². The number of hydrogen-bond acceptors (Lipinski definition) is 5. The highest BCUT2D eigenvalue weighted by molar-refractivity contribution is 8.26. The van der Waals surface area contributed by atoms with Gasteiger partial charge in [-0.2, -0.15) is 5.10 Å². The summed E-state index contributed by atoms with van der Waals surface area (Å²) in [6, 6.07) is 18.2. The molecule has 0 atom stereocenters. The van der Waals surface area contributed by atoms with E-state index in [0.29, 0.717) is 9.23 Å². The number of para-hydroxylation sites is 1. The lowest BCUT2D eigenvalue weighted by atomic mass is 10.1. The first-order valence-electron chi connectivity index (χ1n) is 11.7. The second-order valence-corrected chi connectivity index (χ2v) is 10.6. The molecule has 0 spiro atoms. The molecule has 1 aromatic heterocycles. The summed E-state index contributed by atoms with van der Waals surface area (Å²) in [4.78, 5) is 15.8. The van der Waals surface area contributed by atoms with E-state index in [1.807, 2.05) is 90.3 Å². The summed E-state index contributed by atoms with van der Waals surface area (Å²) < 4.78 is 8.32. The first-order valence-corrected chi connectivity index (χ1v) is 12.9. The summed E-state index contributed by atoms with van der Waals surface area (Å²) >= 11 is 6.99. The van der Waals surface area contributed by atoms with Crippen molar-refractivity contribution in [3.63, 3.8) is 0 Å². The van der Waals surface area contributed by atoms with E-state index in [1.165, 1.54) is 11.8 Å². The third-order valence-electron chi connectivity index (χ3n) is 6.06. The van der Waals surface area contributed by atoms with Crippen molar-refractivity contribution in [3.05, 3.63) is 71.3 Å². The van der Waals surface area contributed by atoms with E-state index in [2.05, 4.69) is 0 Å². The van der Waals surface area contributed by atoms with Crippen molar-refractivity contribution in [2.75, 3.05) is 0 Å². The molecule has 5 rings (SSSR count). The van der Waals surface area contributed by atoms with Gasteiger partial charge in [-0.05, 0) is 69.2 Å². The first kappa shape index (κ1) is 22.9.